The van der Waals surface area contributed by atoms with Crippen LogP contribution in [0.1, 0.15) is 17.3 Å². The van der Waals surface area contributed by atoms with Gasteiger partial charge in [0.1, 0.15) is 5.01 Å². The average molecular weight is 379 g/mol. The first-order chi connectivity index (χ1) is 11.4. The van der Waals surface area contributed by atoms with Gasteiger partial charge in [-0.25, -0.2) is 4.98 Å². The molecule has 0 spiro atoms. The molecule has 1 unspecified atom stereocenters. The third-order valence-electron chi connectivity index (χ3n) is 4.07. The van der Waals surface area contributed by atoms with Crippen molar-refractivity contribution in [2.75, 3.05) is 19.6 Å². The number of hydrogen-bond acceptors (Lipinski definition) is 6. The second kappa shape index (κ2) is 8.18. The zero-order chi connectivity index (χ0) is 15.5. The number of aromatic nitrogens is 2. The van der Waals surface area contributed by atoms with Gasteiger partial charge in [-0.2, -0.15) is 0 Å². The van der Waals surface area contributed by atoms with Crippen LogP contribution in [0.3, 0.4) is 0 Å². The number of hydrogen-bond donors (Lipinski definition) is 1. The lowest BCUT2D eigenvalue weighted by molar-refractivity contribution is 0.152. The molecule has 1 fully saturated rings. The molecule has 1 atom stereocenters. The summed E-state index contributed by atoms with van der Waals surface area (Å²) in [5.74, 6) is 0. The fourth-order valence-electron chi connectivity index (χ4n) is 2.94. The highest BCUT2D eigenvalue weighted by Gasteiger charge is 2.24. The van der Waals surface area contributed by atoms with Crippen LogP contribution in [0.2, 0.25) is 0 Å². The van der Waals surface area contributed by atoms with Gasteiger partial charge in [0.2, 0.25) is 0 Å². The predicted octanol–water partition coefficient (Wildman–Crippen LogP) is 3.83. The van der Waals surface area contributed by atoms with Crippen LogP contribution in [0, 0.1) is 0 Å². The normalized spacial score (nSPS) is 18.2. The Morgan fingerprint density at radius 2 is 2.21 bits per heavy atom. The lowest BCUT2D eigenvalue weighted by atomic mass is 10.1. The fraction of sp³-hybridized carbons (Fsp3) is 0.294. The first kappa shape index (κ1) is 17.5. The highest BCUT2D eigenvalue weighted by molar-refractivity contribution is 7.20. The Bertz CT molecular complexity index is 745. The molecule has 4 rings (SSSR count). The van der Waals surface area contributed by atoms with Crippen molar-refractivity contribution in [1.29, 1.82) is 0 Å². The first-order valence-corrected chi connectivity index (χ1v) is 9.49. The molecule has 3 aromatic heterocycles. The van der Waals surface area contributed by atoms with E-state index in [0.717, 1.165) is 36.9 Å². The van der Waals surface area contributed by atoms with E-state index in [1.54, 1.807) is 22.7 Å². The third kappa shape index (κ3) is 3.84. The van der Waals surface area contributed by atoms with Crippen molar-refractivity contribution in [3.63, 3.8) is 0 Å². The molecule has 0 aromatic carbocycles. The Morgan fingerprint density at radius 3 is 3.00 bits per heavy atom. The molecule has 126 valence electrons. The van der Waals surface area contributed by atoms with Crippen LogP contribution < -0.4 is 5.32 Å². The standard InChI is InChI=1S/C17H18N4S2.ClH/c1-3-13(9-18-5-1)15-10-19-6-7-21(15)11-14-12-23-17(20-14)16-4-2-8-22-16;/h1-5,8-9,12,15,19H,6-7,10-11H2;1H. The van der Waals surface area contributed by atoms with Crippen LogP contribution >= 0.6 is 35.1 Å². The number of nitrogens with zero attached hydrogens (tertiary/aromatic N) is 3. The molecule has 4 heterocycles. The molecule has 24 heavy (non-hydrogen) atoms. The Balaban J connectivity index is 0.00000169. The van der Waals surface area contributed by atoms with Gasteiger partial charge in [-0.1, -0.05) is 12.1 Å². The minimum absolute atomic E-state index is 0. The molecular weight excluding hydrogens is 360 g/mol. The molecule has 1 aliphatic heterocycles. The maximum Gasteiger partial charge on any atom is 0.133 e. The van der Waals surface area contributed by atoms with E-state index in [9.17, 15) is 0 Å². The summed E-state index contributed by atoms with van der Waals surface area (Å²) in [6.45, 7) is 3.92. The predicted molar refractivity (Wildman–Crippen MR) is 103 cm³/mol. The SMILES string of the molecule is Cl.c1cncc(C2CNCCN2Cc2csc(-c3cccs3)n2)c1. The van der Waals surface area contributed by atoms with Crippen LogP contribution in [-0.4, -0.2) is 34.5 Å². The summed E-state index contributed by atoms with van der Waals surface area (Å²) in [6, 6.07) is 8.76. The summed E-state index contributed by atoms with van der Waals surface area (Å²) < 4.78 is 0. The second-order valence-corrected chi connectivity index (χ2v) is 7.40. The summed E-state index contributed by atoms with van der Waals surface area (Å²) in [5.41, 5.74) is 2.43. The fourth-order valence-corrected chi connectivity index (χ4v) is 4.56. The van der Waals surface area contributed by atoms with Crippen molar-refractivity contribution >= 4 is 35.1 Å². The van der Waals surface area contributed by atoms with Gasteiger partial charge in [0.05, 0.1) is 10.6 Å². The molecule has 0 radical (unpaired) electrons. The van der Waals surface area contributed by atoms with E-state index in [-0.39, 0.29) is 12.4 Å². The Labute approximate surface area is 156 Å². The van der Waals surface area contributed by atoms with Crippen molar-refractivity contribution in [2.45, 2.75) is 12.6 Å². The van der Waals surface area contributed by atoms with Gasteiger partial charge in [0, 0.05) is 50.0 Å². The summed E-state index contributed by atoms with van der Waals surface area (Å²) in [4.78, 5) is 12.9. The van der Waals surface area contributed by atoms with Gasteiger partial charge in [0.25, 0.3) is 0 Å². The van der Waals surface area contributed by atoms with Gasteiger partial charge in [-0.05, 0) is 23.1 Å². The van der Waals surface area contributed by atoms with E-state index in [1.165, 1.54) is 10.4 Å². The zero-order valence-corrected chi connectivity index (χ0v) is 15.5. The number of rotatable bonds is 4. The highest BCUT2D eigenvalue weighted by atomic mass is 35.5. The highest BCUT2D eigenvalue weighted by Crippen LogP contribution is 2.29. The van der Waals surface area contributed by atoms with Crippen molar-refractivity contribution < 1.29 is 0 Å². The van der Waals surface area contributed by atoms with E-state index >= 15 is 0 Å². The van der Waals surface area contributed by atoms with Crippen molar-refractivity contribution in [3.8, 4) is 9.88 Å². The van der Waals surface area contributed by atoms with Crippen LogP contribution in [0.4, 0.5) is 0 Å². The van der Waals surface area contributed by atoms with Gasteiger partial charge >= 0.3 is 0 Å². The van der Waals surface area contributed by atoms with Crippen LogP contribution in [-0.2, 0) is 6.54 Å². The average Bonchev–Trinajstić information content (AvgIpc) is 3.27. The minimum Gasteiger partial charge on any atom is -0.314 e. The lowest BCUT2D eigenvalue weighted by Gasteiger charge is -2.35. The summed E-state index contributed by atoms with van der Waals surface area (Å²) in [7, 11) is 0. The van der Waals surface area contributed by atoms with Gasteiger partial charge in [0.15, 0.2) is 0 Å². The number of halogens is 1. The summed E-state index contributed by atoms with van der Waals surface area (Å²) >= 11 is 3.49. The zero-order valence-electron chi connectivity index (χ0n) is 13.1. The van der Waals surface area contributed by atoms with Gasteiger partial charge < -0.3 is 5.32 Å². The van der Waals surface area contributed by atoms with Crippen molar-refractivity contribution in [1.82, 2.24) is 20.2 Å². The van der Waals surface area contributed by atoms with E-state index in [1.807, 2.05) is 18.5 Å². The van der Waals surface area contributed by atoms with Gasteiger partial charge in [-0.3, -0.25) is 9.88 Å². The second-order valence-electron chi connectivity index (χ2n) is 5.60. The quantitative estimate of drug-likeness (QED) is 0.749. The maximum absolute atomic E-state index is 4.83. The van der Waals surface area contributed by atoms with E-state index in [4.69, 9.17) is 4.98 Å². The molecule has 1 saturated heterocycles. The van der Waals surface area contributed by atoms with Crippen LogP contribution in [0.15, 0.2) is 47.4 Å². The maximum atomic E-state index is 4.83. The van der Waals surface area contributed by atoms with E-state index < -0.39 is 0 Å². The molecule has 0 bridgehead atoms. The van der Waals surface area contributed by atoms with Gasteiger partial charge in [-0.15, -0.1) is 35.1 Å². The number of nitrogens with one attached hydrogen (secondary N) is 1. The van der Waals surface area contributed by atoms with E-state index in [2.05, 4.69) is 44.2 Å². The Kier molecular flexibility index (Phi) is 5.97. The topological polar surface area (TPSA) is 41.1 Å². The smallest absolute Gasteiger partial charge is 0.133 e. The monoisotopic (exact) mass is 378 g/mol. The Morgan fingerprint density at radius 1 is 1.25 bits per heavy atom. The molecule has 0 aliphatic carbocycles. The van der Waals surface area contributed by atoms with Crippen molar-refractivity contribution in [2.24, 2.45) is 0 Å². The number of piperazine rings is 1. The molecule has 7 heteroatoms. The van der Waals surface area contributed by atoms with E-state index in [0.29, 0.717) is 6.04 Å². The third-order valence-corrected chi connectivity index (χ3v) is 6.00. The number of pyridine rings is 1. The van der Waals surface area contributed by atoms with Crippen molar-refractivity contribution in [3.05, 3.63) is 58.7 Å². The Hall–Kier alpha value is -1.31. The first-order valence-electron chi connectivity index (χ1n) is 7.73. The largest absolute Gasteiger partial charge is 0.314 e. The lowest BCUT2D eigenvalue weighted by Crippen LogP contribution is -2.45. The molecule has 1 N–H and O–H groups in total. The number of thiophene rings is 1. The molecule has 1 aliphatic rings. The number of thiazole rings is 1. The molecule has 3 aromatic rings. The molecule has 0 amide bonds. The summed E-state index contributed by atoms with van der Waals surface area (Å²) in [6.07, 6.45) is 3.81. The van der Waals surface area contributed by atoms with Crippen LogP contribution in [0.5, 0.6) is 0 Å². The molecule has 0 saturated carbocycles. The minimum atomic E-state index is 0. The molecule has 4 nitrogen and oxygen atoms in total. The summed E-state index contributed by atoms with van der Waals surface area (Å²) in [5, 5.41) is 8.91. The molecular formula is C17H19ClN4S2. The van der Waals surface area contributed by atoms with Crippen LogP contribution in [0.25, 0.3) is 9.88 Å².